The fourth-order valence-electron chi connectivity index (χ4n) is 3.75. The number of aliphatic hydroxyl groups is 2. The summed E-state index contributed by atoms with van der Waals surface area (Å²) < 4.78 is 0. The largest absolute Gasteiger partial charge is 0.392 e. The zero-order valence-corrected chi connectivity index (χ0v) is 16.0. The number of β-amino-alcohol motifs (C(OH)–C–C–N with tert-alkyl or cyclic N) is 1. The minimum Gasteiger partial charge on any atom is -0.392 e. The summed E-state index contributed by atoms with van der Waals surface area (Å²) in [4.78, 5) is 9.41. The first kappa shape index (κ1) is 18.3. The van der Waals surface area contributed by atoms with Gasteiger partial charge in [0.05, 0.1) is 18.3 Å². The average Bonchev–Trinajstić information content (AvgIpc) is 3.10. The van der Waals surface area contributed by atoms with Crippen LogP contribution in [0.3, 0.4) is 0 Å². The molecule has 6 heteroatoms. The van der Waals surface area contributed by atoms with Gasteiger partial charge < -0.3 is 15.1 Å². The first-order valence-electron chi connectivity index (χ1n) is 9.04. The lowest BCUT2D eigenvalue weighted by Gasteiger charge is -2.39. The van der Waals surface area contributed by atoms with E-state index in [0.29, 0.717) is 5.41 Å². The zero-order chi connectivity index (χ0) is 17.4. The van der Waals surface area contributed by atoms with Crippen LogP contribution >= 0.6 is 11.3 Å². The van der Waals surface area contributed by atoms with Gasteiger partial charge in [-0.15, -0.1) is 11.3 Å². The molecule has 0 unspecified atom stereocenters. The number of hydrogen-bond donors (Lipinski definition) is 2. The normalized spacial score (nSPS) is 26.1. The molecule has 0 radical (unpaired) electrons. The maximum absolute atomic E-state index is 11.0. The highest BCUT2D eigenvalue weighted by Gasteiger charge is 2.37. The van der Waals surface area contributed by atoms with Gasteiger partial charge in [-0.3, -0.25) is 4.90 Å². The van der Waals surface area contributed by atoms with Crippen molar-refractivity contribution in [3.8, 4) is 0 Å². The number of aliphatic hydroxyl groups excluding tert-OH is 1. The molecule has 1 aromatic heterocycles. The number of rotatable bonds is 4. The van der Waals surface area contributed by atoms with Gasteiger partial charge in [0.2, 0.25) is 0 Å². The van der Waals surface area contributed by atoms with Crippen molar-refractivity contribution in [1.29, 1.82) is 0 Å². The summed E-state index contributed by atoms with van der Waals surface area (Å²) >= 11 is 1.63. The summed E-state index contributed by atoms with van der Waals surface area (Å²) in [5.41, 5.74) is 0.370. The Morgan fingerprint density at radius 1 is 1.25 bits per heavy atom. The second kappa shape index (κ2) is 7.00. The van der Waals surface area contributed by atoms with Crippen LogP contribution in [-0.4, -0.2) is 63.8 Å². The molecule has 0 aromatic carbocycles. The Morgan fingerprint density at radius 2 is 1.96 bits per heavy atom. The Morgan fingerprint density at radius 3 is 2.54 bits per heavy atom. The number of thiazole rings is 1. The molecule has 2 fully saturated rings. The quantitative estimate of drug-likeness (QED) is 0.867. The summed E-state index contributed by atoms with van der Waals surface area (Å²) in [7, 11) is 0. The van der Waals surface area contributed by atoms with Gasteiger partial charge >= 0.3 is 0 Å². The molecule has 1 atom stereocenters. The first-order valence-corrected chi connectivity index (χ1v) is 9.92. The minimum atomic E-state index is -0.770. The number of piperidine rings is 1. The van der Waals surface area contributed by atoms with Crippen LogP contribution in [0.4, 0.5) is 0 Å². The number of likely N-dealkylation sites (tertiary alicyclic amines) is 2. The topological polar surface area (TPSA) is 59.8 Å². The molecular formula is C18H31N3O2S. The molecule has 24 heavy (non-hydrogen) atoms. The fraction of sp³-hybridized carbons (Fsp3) is 0.833. The van der Waals surface area contributed by atoms with Crippen molar-refractivity contribution >= 4 is 11.3 Å². The maximum Gasteiger partial charge on any atom is 0.110 e. The molecule has 2 aliphatic rings. The lowest BCUT2D eigenvalue weighted by Crippen LogP contribution is -2.45. The van der Waals surface area contributed by atoms with Crippen molar-refractivity contribution in [2.45, 2.75) is 58.3 Å². The Kier molecular flexibility index (Phi) is 5.33. The van der Waals surface area contributed by atoms with E-state index in [1.54, 1.807) is 11.3 Å². The highest BCUT2D eigenvalue weighted by Crippen LogP contribution is 2.34. The molecule has 0 bridgehead atoms. The first-order chi connectivity index (χ1) is 11.2. The molecule has 0 amide bonds. The van der Waals surface area contributed by atoms with E-state index >= 15 is 0 Å². The molecule has 1 aromatic rings. The third-order valence-corrected chi connectivity index (χ3v) is 5.85. The molecule has 0 aliphatic carbocycles. The molecule has 5 nitrogen and oxygen atoms in total. The third-order valence-electron chi connectivity index (χ3n) is 5.02. The highest BCUT2D eigenvalue weighted by molar-refractivity contribution is 7.09. The standard InChI is InChI=1S/C18H31N3O2S/c1-17(2,3)13-20-8-5-18(23,6-9-20)15-12-24-16(19-15)11-21-7-4-14(22)10-21/h12,14,22-23H,4-11,13H2,1-3H3/t14-/m1/s1. The van der Waals surface area contributed by atoms with Crippen molar-refractivity contribution < 1.29 is 10.2 Å². The highest BCUT2D eigenvalue weighted by atomic mass is 32.1. The van der Waals surface area contributed by atoms with Gasteiger partial charge in [-0.25, -0.2) is 4.98 Å². The smallest absolute Gasteiger partial charge is 0.110 e. The molecule has 2 aliphatic heterocycles. The predicted octanol–water partition coefficient (Wildman–Crippen LogP) is 2.04. The second-order valence-corrected chi connectivity index (χ2v) is 9.62. The van der Waals surface area contributed by atoms with Crippen molar-refractivity contribution in [2.75, 3.05) is 32.7 Å². The van der Waals surface area contributed by atoms with Crippen molar-refractivity contribution in [3.05, 3.63) is 16.1 Å². The van der Waals surface area contributed by atoms with Gasteiger partial charge in [0.15, 0.2) is 0 Å². The second-order valence-electron chi connectivity index (χ2n) is 8.67. The Labute approximate surface area is 149 Å². The molecule has 3 heterocycles. The van der Waals surface area contributed by atoms with Gasteiger partial charge in [-0.1, -0.05) is 20.8 Å². The van der Waals surface area contributed by atoms with Crippen LogP contribution in [0.5, 0.6) is 0 Å². The van der Waals surface area contributed by atoms with Crippen LogP contribution < -0.4 is 0 Å². The molecule has 0 saturated carbocycles. The number of hydrogen-bond acceptors (Lipinski definition) is 6. The molecule has 3 rings (SSSR count). The Hall–Kier alpha value is -0.530. The van der Waals surface area contributed by atoms with E-state index in [1.165, 1.54) is 0 Å². The van der Waals surface area contributed by atoms with Crippen LogP contribution in [0, 0.1) is 5.41 Å². The van der Waals surface area contributed by atoms with Crippen molar-refractivity contribution in [3.63, 3.8) is 0 Å². The van der Waals surface area contributed by atoms with Gasteiger partial charge in [-0.05, 0) is 24.7 Å². The summed E-state index contributed by atoms with van der Waals surface area (Å²) in [6.45, 7) is 12.2. The number of nitrogens with zero attached hydrogens (tertiary/aromatic N) is 3. The van der Waals surface area contributed by atoms with Gasteiger partial charge in [0, 0.05) is 38.1 Å². The molecule has 0 spiro atoms. The zero-order valence-electron chi connectivity index (χ0n) is 15.2. The van der Waals surface area contributed by atoms with Gasteiger partial charge in [0.25, 0.3) is 0 Å². The Bertz CT molecular complexity index is 547. The van der Waals surface area contributed by atoms with E-state index in [4.69, 9.17) is 4.98 Å². The monoisotopic (exact) mass is 353 g/mol. The van der Waals surface area contributed by atoms with Crippen molar-refractivity contribution in [1.82, 2.24) is 14.8 Å². The average molecular weight is 354 g/mol. The third kappa shape index (κ3) is 4.55. The summed E-state index contributed by atoms with van der Waals surface area (Å²) in [5, 5.41) is 23.7. The summed E-state index contributed by atoms with van der Waals surface area (Å²) in [6.07, 6.45) is 2.18. The predicted molar refractivity (Wildman–Crippen MR) is 97.0 cm³/mol. The number of aromatic nitrogens is 1. The van der Waals surface area contributed by atoms with Crippen LogP contribution in [0.25, 0.3) is 0 Å². The van der Waals surface area contributed by atoms with Crippen molar-refractivity contribution in [2.24, 2.45) is 5.41 Å². The van der Waals surface area contributed by atoms with Crippen LogP contribution in [-0.2, 0) is 12.1 Å². The van der Waals surface area contributed by atoms with E-state index in [1.807, 2.05) is 5.38 Å². The SMILES string of the molecule is CC(C)(C)CN1CCC(O)(c2csc(CN3CC[C@@H](O)C3)n2)CC1. The van der Waals surface area contributed by atoms with Gasteiger partial charge in [-0.2, -0.15) is 0 Å². The van der Waals surface area contributed by atoms with Gasteiger partial charge in [0.1, 0.15) is 10.6 Å². The molecule has 2 N–H and O–H groups in total. The lowest BCUT2D eigenvalue weighted by molar-refractivity contribution is -0.0346. The van der Waals surface area contributed by atoms with Crippen LogP contribution in [0.2, 0.25) is 0 Å². The van der Waals surface area contributed by atoms with Crippen LogP contribution in [0.15, 0.2) is 5.38 Å². The molecule has 2 saturated heterocycles. The Balaban J connectivity index is 1.57. The lowest BCUT2D eigenvalue weighted by atomic mass is 9.87. The van der Waals surface area contributed by atoms with E-state index in [-0.39, 0.29) is 6.10 Å². The van der Waals surface area contributed by atoms with E-state index in [2.05, 4.69) is 30.6 Å². The maximum atomic E-state index is 11.0. The minimum absolute atomic E-state index is 0.194. The summed E-state index contributed by atoms with van der Waals surface area (Å²) in [6, 6.07) is 0. The van der Waals surface area contributed by atoms with E-state index < -0.39 is 5.60 Å². The fourth-order valence-corrected chi connectivity index (χ4v) is 4.68. The van der Waals surface area contributed by atoms with E-state index in [0.717, 1.165) is 69.2 Å². The van der Waals surface area contributed by atoms with E-state index in [9.17, 15) is 10.2 Å². The van der Waals surface area contributed by atoms with Crippen LogP contribution in [0.1, 0.15) is 50.7 Å². The summed E-state index contributed by atoms with van der Waals surface area (Å²) in [5.74, 6) is 0. The molecular weight excluding hydrogens is 322 g/mol. The molecule has 136 valence electrons.